The van der Waals surface area contributed by atoms with Crippen LogP contribution in [0.5, 0.6) is 23.0 Å². The number of carbonyl (C=O) groups excluding carboxylic acids is 5. The Bertz CT molecular complexity index is 1430. The lowest BCUT2D eigenvalue weighted by Crippen LogP contribution is -2.46. The maximum atomic E-state index is 13.3. The van der Waals surface area contributed by atoms with Crippen molar-refractivity contribution in [1.82, 2.24) is 10.3 Å². The minimum Gasteiger partial charge on any atom is -0.503 e. The van der Waals surface area contributed by atoms with E-state index < -0.39 is 77.9 Å². The first-order valence-electron chi connectivity index (χ1n) is 13.7. The minimum atomic E-state index is -1.51. The minimum absolute atomic E-state index is 0.0286. The molecular weight excluding hydrogens is 584 g/mol. The molecule has 0 radical (unpaired) electrons. The van der Waals surface area contributed by atoms with Crippen molar-refractivity contribution < 1.29 is 62.2 Å². The first kappa shape index (κ1) is 31.8. The molecule has 1 aromatic carbocycles. The van der Waals surface area contributed by atoms with Crippen molar-refractivity contribution in [2.75, 3.05) is 27.1 Å². The summed E-state index contributed by atoms with van der Waals surface area (Å²) in [7, 11) is 1.28. The van der Waals surface area contributed by atoms with Crippen molar-refractivity contribution in [3.8, 4) is 23.0 Å². The molecule has 1 aromatic heterocycles. The monoisotopic (exact) mass is 616 g/mol. The number of aromatic nitrogens is 1. The second-order valence-electron chi connectivity index (χ2n) is 10.2. The largest absolute Gasteiger partial charge is 0.503 e. The number of benzene rings is 1. The molecule has 2 aliphatic rings. The number of cyclic esters (lactones) is 2. The Morgan fingerprint density at radius 2 is 1.84 bits per heavy atom. The summed E-state index contributed by atoms with van der Waals surface area (Å²) in [4.78, 5) is 68.3. The van der Waals surface area contributed by atoms with Crippen LogP contribution in [0, 0.1) is 11.8 Å². The molecular formula is C29H32N2O13. The van der Waals surface area contributed by atoms with Crippen LogP contribution in [0.2, 0.25) is 0 Å². The number of aromatic hydroxyl groups is 1. The van der Waals surface area contributed by atoms with Crippen LogP contribution < -0.4 is 19.5 Å². The van der Waals surface area contributed by atoms with E-state index in [0.717, 1.165) is 0 Å². The molecule has 1 amide bonds. The molecule has 3 heterocycles. The number of pyridine rings is 1. The number of nitrogens with zero attached hydrogens (tertiary/aromatic N) is 1. The van der Waals surface area contributed by atoms with E-state index >= 15 is 0 Å². The number of nitrogens with one attached hydrogen (secondary N) is 1. The van der Waals surface area contributed by atoms with Crippen LogP contribution in [-0.4, -0.2) is 85.2 Å². The normalized spacial score (nSPS) is 21.2. The second-order valence-corrected chi connectivity index (χ2v) is 10.2. The number of fused-ring (bicyclic) bond motifs is 1. The van der Waals surface area contributed by atoms with Gasteiger partial charge >= 0.3 is 23.9 Å². The molecule has 0 bridgehead atoms. The van der Waals surface area contributed by atoms with E-state index in [1.807, 2.05) is 0 Å². The number of carbonyl (C=O) groups is 5. The molecule has 15 heteroatoms. The van der Waals surface area contributed by atoms with E-state index in [1.165, 1.54) is 38.4 Å². The molecule has 2 aromatic rings. The van der Waals surface area contributed by atoms with Crippen LogP contribution in [0.3, 0.4) is 0 Å². The Balaban J connectivity index is 1.49. The Morgan fingerprint density at radius 1 is 1.09 bits per heavy atom. The topological polar surface area (TPSA) is 195 Å². The van der Waals surface area contributed by atoms with Gasteiger partial charge in [-0.3, -0.25) is 14.4 Å². The second kappa shape index (κ2) is 13.9. The molecule has 4 unspecified atom stereocenters. The summed E-state index contributed by atoms with van der Waals surface area (Å²) in [6, 6.07) is 4.34. The van der Waals surface area contributed by atoms with E-state index in [0.29, 0.717) is 11.5 Å². The predicted molar refractivity (Wildman–Crippen MR) is 146 cm³/mol. The van der Waals surface area contributed by atoms with Gasteiger partial charge in [0.1, 0.15) is 18.6 Å². The molecule has 2 aliphatic heterocycles. The third kappa shape index (κ3) is 7.27. The van der Waals surface area contributed by atoms with E-state index in [4.69, 9.17) is 33.2 Å². The maximum absolute atomic E-state index is 13.3. The molecule has 0 saturated carbocycles. The van der Waals surface area contributed by atoms with Gasteiger partial charge in [-0.2, -0.15) is 0 Å². The van der Waals surface area contributed by atoms with Crippen molar-refractivity contribution in [3.63, 3.8) is 0 Å². The third-order valence-corrected chi connectivity index (χ3v) is 6.76. The van der Waals surface area contributed by atoms with Gasteiger partial charge in [-0.25, -0.2) is 14.6 Å². The summed E-state index contributed by atoms with van der Waals surface area (Å²) in [6.07, 6.45) is -1.45. The Morgan fingerprint density at radius 3 is 2.57 bits per heavy atom. The van der Waals surface area contributed by atoms with Gasteiger partial charge in [0.15, 0.2) is 40.8 Å². The first-order chi connectivity index (χ1) is 21.0. The maximum Gasteiger partial charge on any atom is 0.338 e. The molecule has 2 N–H and O–H groups in total. The summed E-state index contributed by atoms with van der Waals surface area (Å²) in [5, 5.41) is 12.6. The van der Waals surface area contributed by atoms with Gasteiger partial charge in [-0.15, -0.1) is 0 Å². The zero-order valence-corrected chi connectivity index (χ0v) is 24.4. The summed E-state index contributed by atoms with van der Waals surface area (Å²) >= 11 is 0. The number of amides is 1. The smallest absolute Gasteiger partial charge is 0.338 e. The molecule has 44 heavy (non-hydrogen) atoms. The van der Waals surface area contributed by atoms with E-state index in [2.05, 4.69) is 10.3 Å². The highest BCUT2D eigenvalue weighted by molar-refractivity contribution is 5.98. The fourth-order valence-corrected chi connectivity index (χ4v) is 4.34. The Hall–Kier alpha value is -5.08. The molecule has 15 nitrogen and oxygen atoms in total. The third-order valence-electron chi connectivity index (χ3n) is 6.76. The number of hydrogen-bond donors (Lipinski definition) is 2. The van der Waals surface area contributed by atoms with Gasteiger partial charge in [-0.1, -0.05) is 13.8 Å². The molecule has 1 saturated heterocycles. The van der Waals surface area contributed by atoms with E-state index in [-0.39, 0.29) is 31.1 Å². The van der Waals surface area contributed by atoms with Crippen LogP contribution in [0.4, 0.5) is 0 Å². The Labute approximate surface area is 251 Å². The average molecular weight is 617 g/mol. The van der Waals surface area contributed by atoms with Gasteiger partial charge in [0.2, 0.25) is 6.79 Å². The van der Waals surface area contributed by atoms with E-state index in [1.54, 1.807) is 19.9 Å². The lowest BCUT2D eigenvalue weighted by Gasteiger charge is -2.29. The number of ether oxygens (including phenoxy) is 7. The standard InChI is InChI=1S/C29H32N2O13/c1-14(2)26(34)44-24-15(3)43-29(37)18(31-25(33)22-23(32)20(38-4)7-9-30-22)12-40-28(36)17(24)8-10-39-27(35)16-5-6-19-21(11-16)42-13-41-19/h5-7,9,11,14-15,17-18,24,32H,8,10,12-13H2,1-4H3,(H,31,33). The quantitative estimate of drug-likeness (QED) is 0.304. The molecule has 0 spiro atoms. The summed E-state index contributed by atoms with van der Waals surface area (Å²) in [6.45, 7) is 3.67. The van der Waals surface area contributed by atoms with Crippen molar-refractivity contribution >= 4 is 29.8 Å². The zero-order valence-electron chi connectivity index (χ0n) is 24.4. The fourth-order valence-electron chi connectivity index (χ4n) is 4.34. The van der Waals surface area contributed by atoms with Gasteiger partial charge in [-0.05, 0) is 31.5 Å². The SMILES string of the molecule is COc1ccnc(C(=O)NC2COC(=O)C(CCOC(=O)c3ccc4c(c3)OCO4)C(OC(=O)C(C)C)C(C)OC2=O)c1O. The number of esters is 4. The zero-order chi connectivity index (χ0) is 32.0. The van der Waals surface area contributed by atoms with Gasteiger partial charge in [0.25, 0.3) is 5.91 Å². The molecule has 236 valence electrons. The van der Waals surface area contributed by atoms with Crippen LogP contribution in [0.1, 0.15) is 48.0 Å². The van der Waals surface area contributed by atoms with Gasteiger partial charge in [0.05, 0.1) is 25.2 Å². The molecule has 4 atom stereocenters. The highest BCUT2D eigenvalue weighted by Crippen LogP contribution is 2.33. The van der Waals surface area contributed by atoms with Crippen molar-refractivity contribution in [3.05, 3.63) is 41.7 Å². The van der Waals surface area contributed by atoms with Crippen LogP contribution >= 0.6 is 0 Å². The molecule has 4 rings (SSSR count). The van der Waals surface area contributed by atoms with Crippen molar-refractivity contribution in [2.45, 2.75) is 45.4 Å². The van der Waals surface area contributed by atoms with Gasteiger partial charge < -0.3 is 43.6 Å². The number of methoxy groups -OCH3 is 1. The first-order valence-corrected chi connectivity index (χ1v) is 13.7. The summed E-state index contributed by atoms with van der Waals surface area (Å²) in [5.41, 5.74) is -0.256. The predicted octanol–water partition coefficient (Wildman–Crippen LogP) is 1.54. The highest BCUT2D eigenvalue weighted by Gasteiger charge is 2.42. The molecule has 0 aliphatic carbocycles. The average Bonchev–Trinajstić information content (AvgIpc) is 3.48. The van der Waals surface area contributed by atoms with Crippen LogP contribution in [-0.2, 0) is 33.3 Å². The lowest BCUT2D eigenvalue weighted by atomic mass is 9.94. The van der Waals surface area contributed by atoms with Crippen LogP contribution in [0.15, 0.2) is 30.5 Å². The highest BCUT2D eigenvalue weighted by atomic mass is 16.7. The fraction of sp³-hybridized carbons (Fsp3) is 0.448. The molecule has 1 fully saturated rings. The number of rotatable bonds is 9. The van der Waals surface area contributed by atoms with Crippen LogP contribution in [0.25, 0.3) is 0 Å². The summed E-state index contributed by atoms with van der Waals surface area (Å²) in [5.74, 6) is -5.76. The van der Waals surface area contributed by atoms with Gasteiger partial charge in [0, 0.05) is 12.3 Å². The Kier molecular flexibility index (Phi) is 10.1. The number of hydrogen-bond acceptors (Lipinski definition) is 14. The lowest BCUT2D eigenvalue weighted by molar-refractivity contribution is -0.177. The van der Waals surface area contributed by atoms with E-state index in [9.17, 15) is 29.1 Å². The van der Waals surface area contributed by atoms with Crippen molar-refractivity contribution in [2.24, 2.45) is 11.8 Å². The summed E-state index contributed by atoms with van der Waals surface area (Å²) < 4.78 is 37.3. The van der Waals surface area contributed by atoms with Crippen molar-refractivity contribution in [1.29, 1.82) is 0 Å².